The number of imidazole rings is 2. The number of nitrogens with zero attached hydrogens (tertiary/aromatic N) is 3. The lowest BCUT2D eigenvalue weighted by atomic mass is 10.0. The van der Waals surface area contributed by atoms with E-state index >= 15 is 0 Å². The number of likely N-dealkylation sites (tertiary alicyclic amines) is 1. The van der Waals surface area contributed by atoms with Crippen molar-refractivity contribution in [3.8, 4) is 33.6 Å². The third-order valence-corrected chi connectivity index (χ3v) is 8.85. The molecule has 6 N–H and O–H groups in total. The summed E-state index contributed by atoms with van der Waals surface area (Å²) in [5, 5.41) is 16.6. The number of alkyl carbamates (subject to hydrolysis) is 1. The lowest BCUT2D eigenvalue weighted by Gasteiger charge is -2.26. The Morgan fingerprint density at radius 1 is 0.942 bits per heavy atom. The maximum absolute atomic E-state index is 14.2. The SMILES string of the molecule is COC(=O)N[C@@H](C)C(=O)CNC(C)c1ncc(-c2ccc(-c3ccc(-c4nc([C@@H]5CCCN5C(=O)[C@H](C)NC(=O)O)[nH]c4C(F)(F)F)cc3)cc2)[nH]1. The van der Waals surface area contributed by atoms with E-state index in [9.17, 15) is 32.3 Å². The number of carbonyl (C=O) groups is 4. The highest BCUT2D eigenvalue weighted by molar-refractivity contribution is 5.88. The van der Waals surface area contributed by atoms with Gasteiger partial charge >= 0.3 is 18.4 Å². The number of carboxylic acid groups (broad SMARTS) is 1. The van der Waals surface area contributed by atoms with Gasteiger partial charge in [-0.1, -0.05) is 48.5 Å². The summed E-state index contributed by atoms with van der Waals surface area (Å²) in [5.41, 5.74) is 2.06. The van der Waals surface area contributed by atoms with Crippen molar-refractivity contribution in [1.29, 1.82) is 0 Å². The van der Waals surface area contributed by atoms with Crippen LogP contribution in [0.25, 0.3) is 33.6 Å². The van der Waals surface area contributed by atoms with Crippen LogP contribution in [-0.4, -0.2) is 86.1 Å². The number of aromatic nitrogens is 4. The van der Waals surface area contributed by atoms with Gasteiger partial charge in [-0.05, 0) is 50.3 Å². The molecule has 52 heavy (non-hydrogen) atoms. The minimum atomic E-state index is -4.75. The number of alkyl halides is 3. The van der Waals surface area contributed by atoms with Gasteiger partial charge in [0.05, 0.1) is 43.7 Å². The Hall–Kier alpha value is -5.71. The van der Waals surface area contributed by atoms with Gasteiger partial charge in [0.2, 0.25) is 5.91 Å². The van der Waals surface area contributed by atoms with Crippen molar-refractivity contribution in [1.82, 2.24) is 40.8 Å². The second-order valence-corrected chi connectivity index (χ2v) is 12.5. The number of carbonyl (C=O) groups excluding carboxylic acids is 3. The Bertz CT molecular complexity index is 1910. The first-order valence-corrected chi connectivity index (χ1v) is 16.5. The molecule has 17 heteroatoms. The van der Waals surface area contributed by atoms with Crippen molar-refractivity contribution in [3.05, 3.63) is 72.1 Å². The van der Waals surface area contributed by atoms with Gasteiger partial charge in [-0.2, -0.15) is 13.2 Å². The van der Waals surface area contributed by atoms with Crippen molar-refractivity contribution in [2.45, 2.75) is 64.0 Å². The van der Waals surface area contributed by atoms with E-state index in [4.69, 9.17) is 5.11 Å². The van der Waals surface area contributed by atoms with E-state index in [2.05, 4.69) is 40.6 Å². The van der Waals surface area contributed by atoms with Crippen molar-refractivity contribution in [2.75, 3.05) is 20.2 Å². The Labute approximate surface area is 296 Å². The molecule has 1 fully saturated rings. The molecular formula is C35H39F3N8O6. The minimum Gasteiger partial charge on any atom is -0.465 e. The van der Waals surface area contributed by atoms with Gasteiger partial charge in [-0.3, -0.25) is 9.59 Å². The van der Waals surface area contributed by atoms with E-state index in [0.717, 1.165) is 22.4 Å². The second kappa shape index (κ2) is 15.7. The highest BCUT2D eigenvalue weighted by atomic mass is 19.4. The third-order valence-electron chi connectivity index (χ3n) is 8.85. The number of halogens is 3. The molecule has 4 atom stereocenters. The number of ether oxygens (including phenoxy) is 1. The normalized spacial score (nSPS) is 16.2. The molecule has 0 radical (unpaired) electrons. The second-order valence-electron chi connectivity index (χ2n) is 12.5. The average molecular weight is 725 g/mol. The number of H-pyrrole nitrogens is 2. The molecule has 1 aliphatic heterocycles. The quantitative estimate of drug-likeness (QED) is 0.110. The maximum Gasteiger partial charge on any atom is 0.433 e. The first kappa shape index (κ1) is 37.5. The van der Waals surface area contributed by atoms with Crippen molar-refractivity contribution < 1.29 is 42.2 Å². The Morgan fingerprint density at radius 2 is 1.56 bits per heavy atom. The van der Waals surface area contributed by atoms with Crippen molar-refractivity contribution in [3.63, 3.8) is 0 Å². The van der Waals surface area contributed by atoms with Crippen LogP contribution in [0.3, 0.4) is 0 Å². The lowest BCUT2D eigenvalue weighted by molar-refractivity contribution is -0.140. The predicted molar refractivity (Wildman–Crippen MR) is 183 cm³/mol. The number of benzene rings is 2. The molecule has 0 saturated carbocycles. The number of ketones is 1. The first-order valence-electron chi connectivity index (χ1n) is 16.5. The monoisotopic (exact) mass is 724 g/mol. The molecule has 5 rings (SSSR count). The van der Waals surface area contributed by atoms with Crippen LogP contribution >= 0.6 is 0 Å². The summed E-state index contributed by atoms with van der Waals surface area (Å²) in [7, 11) is 1.22. The fourth-order valence-electron chi connectivity index (χ4n) is 5.96. The van der Waals surface area contributed by atoms with Gasteiger partial charge in [-0.25, -0.2) is 19.6 Å². The van der Waals surface area contributed by atoms with Crippen LogP contribution in [0.4, 0.5) is 22.8 Å². The fraction of sp³-hybridized carbons (Fsp3) is 0.371. The average Bonchev–Trinajstić information content (AvgIpc) is 3.90. The van der Waals surface area contributed by atoms with E-state index in [-0.39, 0.29) is 42.0 Å². The van der Waals surface area contributed by atoms with Crippen LogP contribution in [0.5, 0.6) is 0 Å². The molecule has 2 aromatic heterocycles. The predicted octanol–water partition coefficient (Wildman–Crippen LogP) is 5.44. The standard InChI is InChI=1S/C35H39F3N8O6/c1-18(42-34(51)52-4)27(47)17-39-19(2)30-40-16-25(43-30)23-11-7-21(8-12-23)22-9-13-24(14-10-22)28-29(35(36,37)38)45-31(44-28)26-6-5-15-46(26)32(48)20(3)41-33(49)50/h7-14,16,18-20,26,39,41H,5-6,15,17H2,1-4H3,(H,40,43)(H,42,51)(H,44,45)(H,49,50)/t18-,19?,20-,26-/m0/s1. The number of nitrogens with one attached hydrogen (secondary N) is 5. The molecule has 14 nitrogen and oxygen atoms in total. The molecule has 1 unspecified atom stereocenters. The molecule has 1 aliphatic rings. The summed E-state index contributed by atoms with van der Waals surface area (Å²) in [6, 6.07) is 11.2. The first-order chi connectivity index (χ1) is 24.7. The van der Waals surface area contributed by atoms with E-state index in [1.165, 1.54) is 18.9 Å². The number of amides is 3. The van der Waals surface area contributed by atoms with Crippen LogP contribution in [-0.2, 0) is 20.5 Å². The molecule has 3 amide bonds. The van der Waals surface area contributed by atoms with E-state index in [0.29, 0.717) is 18.7 Å². The summed E-state index contributed by atoms with van der Waals surface area (Å²) in [5.74, 6) is -0.182. The number of methoxy groups -OCH3 is 1. The molecule has 4 aromatic rings. The van der Waals surface area contributed by atoms with Gasteiger partial charge in [0.15, 0.2) is 5.78 Å². The fourth-order valence-corrected chi connectivity index (χ4v) is 5.96. The lowest BCUT2D eigenvalue weighted by Crippen LogP contribution is -2.46. The van der Waals surface area contributed by atoms with Crippen LogP contribution < -0.4 is 16.0 Å². The molecular weight excluding hydrogens is 685 g/mol. The van der Waals surface area contributed by atoms with Crippen LogP contribution in [0.1, 0.15) is 63.0 Å². The zero-order chi connectivity index (χ0) is 37.7. The minimum absolute atomic E-state index is 0.00223. The summed E-state index contributed by atoms with van der Waals surface area (Å²) >= 11 is 0. The highest BCUT2D eigenvalue weighted by Crippen LogP contribution is 2.40. The highest BCUT2D eigenvalue weighted by Gasteiger charge is 2.41. The molecule has 3 heterocycles. The number of rotatable bonds is 12. The summed E-state index contributed by atoms with van der Waals surface area (Å²) in [6.07, 6.45) is -4.25. The molecule has 2 aromatic carbocycles. The Morgan fingerprint density at radius 3 is 2.15 bits per heavy atom. The number of aromatic amines is 2. The van der Waals surface area contributed by atoms with Crippen molar-refractivity contribution in [2.24, 2.45) is 0 Å². The molecule has 1 saturated heterocycles. The van der Waals surface area contributed by atoms with Crippen LogP contribution in [0, 0.1) is 0 Å². The number of Topliss-reactive ketones (excluding diaryl/α,β-unsaturated/α-hetero) is 1. The van der Waals surface area contributed by atoms with Gasteiger partial charge in [-0.15, -0.1) is 0 Å². The van der Waals surface area contributed by atoms with Gasteiger partial charge < -0.3 is 40.7 Å². The van der Waals surface area contributed by atoms with Crippen LogP contribution in [0.15, 0.2) is 54.7 Å². The third kappa shape index (κ3) is 8.59. The molecule has 0 aliphatic carbocycles. The van der Waals surface area contributed by atoms with Gasteiger partial charge in [0.1, 0.15) is 29.1 Å². The number of hydrogen-bond donors (Lipinski definition) is 6. The Balaban J connectivity index is 1.27. The van der Waals surface area contributed by atoms with Gasteiger partial charge in [0.25, 0.3) is 0 Å². The zero-order valence-corrected chi connectivity index (χ0v) is 28.8. The molecule has 276 valence electrons. The zero-order valence-electron chi connectivity index (χ0n) is 28.8. The maximum atomic E-state index is 14.2. The summed E-state index contributed by atoms with van der Waals surface area (Å²) < 4.78 is 47.1. The van der Waals surface area contributed by atoms with E-state index in [1.807, 2.05) is 31.2 Å². The van der Waals surface area contributed by atoms with Crippen molar-refractivity contribution >= 4 is 23.9 Å². The number of hydrogen-bond acceptors (Lipinski definition) is 8. The molecule has 0 spiro atoms. The summed E-state index contributed by atoms with van der Waals surface area (Å²) in [6.45, 7) is 5.06. The smallest absolute Gasteiger partial charge is 0.433 e. The summed E-state index contributed by atoms with van der Waals surface area (Å²) in [4.78, 5) is 63.4. The van der Waals surface area contributed by atoms with Crippen LogP contribution in [0.2, 0.25) is 0 Å². The van der Waals surface area contributed by atoms with E-state index in [1.54, 1.807) is 37.4 Å². The van der Waals surface area contributed by atoms with E-state index < -0.39 is 48.1 Å². The van der Waals surface area contributed by atoms with Gasteiger partial charge in [0, 0.05) is 12.1 Å². The largest absolute Gasteiger partial charge is 0.465 e. The molecule has 0 bridgehead atoms. The Kier molecular flexibility index (Phi) is 11.3. The topological polar surface area (TPSA) is 194 Å².